The third-order valence-corrected chi connectivity index (χ3v) is 2.83. The van der Waals surface area contributed by atoms with E-state index in [2.05, 4.69) is 5.10 Å². The Morgan fingerprint density at radius 2 is 2.31 bits per heavy atom. The van der Waals surface area contributed by atoms with Crippen molar-refractivity contribution in [3.63, 3.8) is 0 Å². The van der Waals surface area contributed by atoms with Gasteiger partial charge in [0.15, 0.2) is 0 Å². The molecule has 0 aromatic carbocycles. The largest absolute Gasteiger partial charge is 0.325 e. The van der Waals surface area contributed by atoms with Crippen LogP contribution >= 0.6 is 12.4 Å². The second-order valence-electron chi connectivity index (χ2n) is 3.50. The average molecular weight is 202 g/mol. The molecular formula is C9H16ClN3. The minimum Gasteiger partial charge on any atom is -0.325 e. The molecule has 1 saturated carbocycles. The fraction of sp³-hybridized carbons (Fsp3) is 0.667. The number of nitrogens with two attached hydrogens (primary N) is 1. The molecule has 0 unspecified atom stereocenters. The summed E-state index contributed by atoms with van der Waals surface area (Å²) in [7, 11) is 1.96. The summed E-state index contributed by atoms with van der Waals surface area (Å²) in [6.45, 7) is 0.613. The van der Waals surface area contributed by atoms with Crippen LogP contribution in [0.3, 0.4) is 0 Å². The molecule has 1 heterocycles. The summed E-state index contributed by atoms with van der Waals surface area (Å²) in [6, 6.07) is 0. The van der Waals surface area contributed by atoms with E-state index in [0.29, 0.717) is 6.54 Å². The third kappa shape index (κ3) is 1.71. The predicted octanol–water partition coefficient (Wildman–Crippen LogP) is 1.57. The van der Waals surface area contributed by atoms with Crippen molar-refractivity contribution in [2.45, 2.75) is 31.7 Å². The van der Waals surface area contributed by atoms with Gasteiger partial charge in [0, 0.05) is 13.6 Å². The second-order valence-corrected chi connectivity index (χ2v) is 3.50. The lowest BCUT2D eigenvalue weighted by atomic mass is 9.80. The molecule has 0 spiro atoms. The molecule has 2 rings (SSSR count). The number of rotatable bonds is 2. The molecular weight excluding hydrogens is 186 g/mol. The topological polar surface area (TPSA) is 43.8 Å². The van der Waals surface area contributed by atoms with E-state index >= 15 is 0 Å². The van der Waals surface area contributed by atoms with E-state index in [4.69, 9.17) is 5.73 Å². The molecule has 4 heteroatoms. The van der Waals surface area contributed by atoms with E-state index in [0.717, 1.165) is 5.92 Å². The van der Waals surface area contributed by atoms with E-state index < -0.39 is 0 Å². The smallest absolute Gasteiger partial charge is 0.0551 e. The normalized spacial score (nSPS) is 16.5. The minimum atomic E-state index is 0. The van der Waals surface area contributed by atoms with Crippen molar-refractivity contribution in [2.24, 2.45) is 12.8 Å². The second kappa shape index (κ2) is 4.11. The lowest BCUT2D eigenvalue weighted by Crippen LogP contribution is -2.13. The van der Waals surface area contributed by atoms with Gasteiger partial charge in [-0.2, -0.15) is 5.10 Å². The number of hydrogen-bond donors (Lipinski definition) is 1. The Bertz CT molecular complexity index is 278. The summed E-state index contributed by atoms with van der Waals surface area (Å²) < 4.78 is 1.90. The van der Waals surface area contributed by atoms with Crippen LogP contribution in [0.15, 0.2) is 6.20 Å². The Balaban J connectivity index is 0.000000845. The van der Waals surface area contributed by atoms with Gasteiger partial charge in [-0.3, -0.25) is 4.68 Å². The van der Waals surface area contributed by atoms with E-state index in [1.54, 1.807) is 0 Å². The molecule has 0 atom stereocenters. The molecule has 2 N–H and O–H groups in total. The molecule has 74 valence electrons. The molecule has 1 aliphatic carbocycles. The van der Waals surface area contributed by atoms with Crippen molar-refractivity contribution >= 4 is 12.4 Å². The number of nitrogens with zero attached hydrogens (tertiary/aromatic N) is 2. The van der Waals surface area contributed by atoms with E-state index in [1.165, 1.54) is 30.5 Å². The first-order valence-corrected chi connectivity index (χ1v) is 4.53. The lowest BCUT2D eigenvalue weighted by molar-refractivity contribution is 0.416. The predicted molar refractivity (Wildman–Crippen MR) is 54.9 cm³/mol. The Morgan fingerprint density at radius 3 is 2.77 bits per heavy atom. The van der Waals surface area contributed by atoms with Crippen LogP contribution in [-0.4, -0.2) is 9.78 Å². The molecule has 0 aliphatic heterocycles. The van der Waals surface area contributed by atoms with Gasteiger partial charge < -0.3 is 5.73 Å². The Hall–Kier alpha value is -0.540. The quantitative estimate of drug-likeness (QED) is 0.790. The van der Waals surface area contributed by atoms with E-state index in [1.807, 2.05) is 17.9 Å². The fourth-order valence-electron chi connectivity index (χ4n) is 1.79. The van der Waals surface area contributed by atoms with Gasteiger partial charge in [0.25, 0.3) is 0 Å². The van der Waals surface area contributed by atoms with Crippen molar-refractivity contribution in [1.29, 1.82) is 0 Å². The lowest BCUT2D eigenvalue weighted by Gasteiger charge is -2.25. The molecule has 13 heavy (non-hydrogen) atoms. The summed E-state index contributed by atoms with van der Waals surface area (Å²) in [5.41, 5.74) is 8.24. The molecule has 1 fully saturated rings. The molecule has 0 bridgehead atoms. The highest BCUT2D eigenvalue weighted by Crippen LogP contribution is 2.37. The Morgan fingerprint density at radius 1 is 1.62 bits per heavy atom. The van der Waals surface area contributed by atoms with Crippen molar-refractivity contribution in [1.82, 2.24) is 9.78 Å². The van der Waals surface area contributed by atoms with Crippen molar-refractivity contribution in [3.05, 3.63) is 17.5 Å². The van der Waals surface area contributed by atoms with Crippen molar-refractivity contribution in [3.8, 4) is 0 Å². The van der Waals surface area contributed by atoms with Crippen molar-refractivity contribution < 1.29 is 0 Å². The van der Waals surface area contributed by atoms with Gasteiger partial charge in [-0.25, -0.2) is 0 Å². The summed E-state index contributed by atoms with van der Waals surface area (Å²) in [4.78, 5) is 0. The Kier molecular flexibility index (Phi) is 3.33. The number of halogens is 1. The van der Waals surface area contributed by atoms with Gasteiger partial charge in [-0.15, -0.1) is 12.4 Å². The molecule has 0 radical (unpaired) electrons. The zero-order valence-electron chi connectivity index (χ0n) is 7.86. The Labute approximate surface area is 84.7 Å². The van der Waals surface area contributed by atoms with Gasteiger partial charge in [-0.05, 0) is 24.3 Å². The van der Waals surface area contributed by atoms with Crippen molar-refractivity contribution in [2.75, 3.05) is 0 Å². The first kappa shape index (κ1) is 10.5. The number of hydrogen-bond acceptors (Lipinski definition) is 2. The minimum absolute atomic E-state index is 0. The van der Waals surface area contributed by atoms with Crippen LogP contribution < -0.4 is 5.73 Å². The van der Waals surface area contributed by atoms with E-state index in [-0.39, 0.29) is 12.4 Å². The molecule has 3 nitrogen and oxygen atoms in total. The summed E-state index contributed by atoms with van der Waals surface area (Å²) in [5, 5.41) is 4.23. The molecule has 1 aromatic rings. The van der Waals surface area contributed by atoms with Crippen LogP contribution in [-0.2, 0) is 13.6 Å². The van der Waals surface area contributed by atoms with Crippen LogP contribution in [0, 0.1) is 0 Å². The van der Waals surface area contributed by atoms with Crippen LogP contribution in [0.5, 0.6) is 0 Å². The fourth-order valence-corrected chi connectivity index (χ4v) is 1.79. The maximum absolute atomic E-state index is 5.65. The van der Waals surface area contributed by atoms with Gasteiger partial charge in [-0.1, -0.05) is 6.42 Å². The first-order valence-electron chi connectivity index (χ1n) is 4.53. The third-order valence-electron chi connectivity index (χ3n) is 2.83. The van der Waals surface area contributed by atoms with Crippen LogP contribution in [0.2, 0.25) is 0 Å². The van der Waals surface area contributed by atoms with Gasteiger partial charge in [0.05, 0.1) is 11.9 Å². The highest BCUT2D eigenvalue weighted by atomic mass is 35.5. The monoisotopic (exact) mass is 201 g/mol. The van der Waals surface area contributed by atoms with Crippen LogP contribution in [0.25, 0.3) is 0 Å². The van der Waals surface area contributed by atoms with Gasteiger partial charge >= 0.3 is 0 Å². The van der Waals surface area contributed by atoms with Crippen LogP contribution in [0.4, 0.5) is 0 Å². The summed E-state index contributed by atoms with van der Waals surface area (Å²) in [6.07, 6.45) is 5.98. The summed E-state index contributed by atoms with van der Waals surface area (Å²) >= 11 is 0. The van der Waals surface area contributed by atoms with Gasteiger partial charge in [0.2, 0.25) is 0 Å². The highest BCUT2D eigenvalue weighted by molar-refractivity contribution is 5.85. The maximum Gasteiger partial charge on any atom is 0.0551 e. The number of aryl methyl sites for hydroxylation is 1. The van der Waals surface area contributed by atoms with Crippen LogP contribution in [0.1, 0.15) is 36.4 Å². The molecule has 0 saturated heterocycles. The molecule has 1 aromatic heterocycles. The first-order chi connectivity index (χ1) is 5.83. The summed E-state index contributed by atoms with van der Waals surface area (Å²) in [5.74, 6) is 0.747. The average Bonchev–Trinajstić information content (AvgIpc) is 2.29. The van der Waals surface area contributed by atoms with Gasteiger partial charge in [0.1, 0.15) is 0 Å². The zero-order valence-corrected chi connectivity index (χ0v) is 8.68. The van der Waals surface area contributed by atoms with E-state index in [9.17, 15) is 0 Å². The molecule has 1 aliphatic rings. The molecule has 0 amide bonds. The maximum atomic E-state index is 5.65. The highest BCUT2D eigenvalue weighted by Gasteiger charge is 2.23. The SMILES string of the molecule is Cl.Cn1ncc(C2CCC2)c1CN. The zero-order chi connectivity index (χ0) is 8.55. The number of aromatic nitrogens is 2. The standard InChI is InChI=1S/C9H15N3.ClH/c1-12-9(5-10)8(6-11-12)7-3-2-4-7;/h6-7H,2-5,10H2,1H3;1H.